The highest BCUT2D eigenvalue weighted by Crippen LogP contribution is 2.62. The van der Waals surface area contributed by atoms with Gasteiger partial charge in [-0.25, -0.2) is 9.88 Å². The molecule has 8 rings (SSSR count). The standard InChI is InChI=1S/C44H31Cl2F9N4O7/c1-65-32-11-19(12-33(66-2)35(32)60)3-10-29-26-8-9-27-34(39(63)58(37(27)61)25-14-21(42(47,48)49)13-22(15-25)43(50,51)52)28(26)17-30-38(62)59(40(64)41(29,30)20-4-6-24(45)7-5-20)57-36-31(46)16-23(18-56-36)44(53,54)55/h3-8,10-16,18,27-30,34,60H,9,17H2,1-2H3,(H,56,57). The SMILES string of the molecule is COc1cc(C=CC2C3=CCC4C(=O)N(c5cc(C(F)(F)F)cc(C(F)(F)F)c5)C(=O)C4C3CC3C(=O)N(Nc4ncc(C(F)(F)F)cc4Cl)C(=O)C23c2ccc(Cl)cc2)cc(OC)c1O. The lowest BCUT2D eigenvalue weighted by Gasteiger charge is -2.49. The summed E-state index contributed by atoms with van der Waals surface area (Å²) in [5.41, 5.74) is -4.54. The Morgan fingerprint density at radius 2 is 1.38 bits per heavy atom. The molecule has 3 aromatic carbocycles. The van der Waals surface area contributed by atoms with E-state index >= 15 is 4.79 Å². The maximum atomic E-state index is 15.4. The van der Waals surface area contributed by atoms with E-state index in [4.69, 9.17) is 32.7 Å². The van der Waals surface area contributed by atoms with E-state index in [0.717, 1.165) is 0 Å². The predicted octanol–water partition coefficient (Wildman–Crippen LogP) is 9.90. The lowest BCUT2D eigenvalue weighted by Crippen LogP contribution is -2.54. The normalized spacial score (nSPS) is 24.4. The summed E-state index contributed by atoms with van der Waals surface area (Å²) in [4.78, 5) is 63.0. The van der Waals surface area contributed by atoms with Crippen LogP contribution in [0.4, 0.5) is 51.0 Å². The summed E-state index contributed by atoms with van der Waals surface area (Å²) in [6, 6.07) is 9.49. The predicted molar refractivity (Wildman–Crippen MR) is 217 cm³/mol. The van der Waals surface area contributed by atoms with Gasteiger partial charge < -0.3 is 14.6 Å². The van der Waals surface area contributed by atoms with E-state index in [2.05, 4.69) is 10.4 Å². The number of nitrogens with zero attached hydrogens (tertiary/aromatic N) is 3. The molecule has 3 heterocycles. The van der Waals surface area contributed by atoms with Gasteiger partial charge in [-0.3, -0.25) is 24.6 Å². The number of amides is 4. The number of hydrogen-bond acceptors (Lipinski definition) is 9. The number of carbonyl (C=O) groups excluding carboxylic acids is 4. The molecule has 4 aromatic rings. The maximum Gasteiger partial charge on any atom is 0.417 e. The zero-order valence-corrected chi connectivity index (χ0v) is 35.3. The number of imide groups is 2. The van der Waals surface area contributed by atoms with Gasteiger partial charge in [0.25, 0.3) is 11.8 Å². The van der Waals surface area contributed by atoms with Crippen molar-refractivity contribution in [3.8, 4) is 17.2 Å². The highest BCUT2D eigenvalue weighted by molar-refractivity contribution is 6.33. The molecule has 2 aliphatic heterocycles. The van der Waals surface area contributed by atoms with Gasteiger partial charge in [0.1, 0.15) is 0 Å². The molecular weight excluding hydrogens is 938 g/mol. The molecule has 0 radical (unpaired) electrons. The number of hydrazine groups is 1. The van der Waals surface area contributed by atoms with Crippen LogP contribution in [0.2, 0.25) is 10.0 Å². The van der Waals surface area contributed by atoms with Crippen LogP contribution in [-0.2, 0) is 43.1 Å². The Morgan fingerprint density at radius 1 is 0.788 bits per heavy atom. The van der Waals surface area contributed by atoms with E-state index in [1.54, 1.807) is 0 Å². The third kappa shape index (κ3) is 7.56. The molecule has 4 amide bonds. The number of allylic oxidation sites excluding steroid dienone is 3. The van der Waals surface area contributed by atoms with Gasteiger partial charge in [-0.15, -0.1) is 0 Å². The number of ether oxygens (including phenoxy) is 2. The Bertz CT molecular complexity index is 2700. The van der Waals surface area contributed by atoms with Crippen LogP contribution in [0.5, 0.6) is 17.2 Å². The number of phenolic OH excluding ortho intramolecular Hbond substituents is 1. The van der Waals surface area contributed by atoms with Crippen LogP contribution in [0.3, 0.4) is 0 Å². The Kier molecular flexibility index (Phi) is 11.4. The number of aromatic hydroxyl groups is 1. The van der Waals surface area contributed by atoms with Crippen molar-refractivity contribution in [2.45, 2.75) is 36.8 Å². The first-order valence-electron chi connectivity index (χ1n) is 19.6. The fourth-order valence-corrected chi connectivity index (χ4v) is 9.90. The fourth-order valence-electron chi connectivity index (χ4n) is 9.57. The molecule has 1 saturated carbocycles. The minimum Gasteiger partial charge on any atom is -0.502 e. The molecule has 0 spiro atoms. The number of methoxy groups -OCH3 is 2. The number of hydrogen-bond donors (Lipinski definition) is 2. The van der Waals surface area contributed by atoms with Gasteiger partial charge in [0.05, 0.1) is 64.8 Å². The number of halogens is 11. The summed E-state index contributed by atoms with van der Waals surface area (Å²) < 4.78 is 135. The molecule has 2 aliphatic carbocycles. The molecule has 4 aliphatic rings. The molecule has 2 N–H and O–H groups in total. The summed E-state index contributed by atoms with van der Waals surface area (Å²) in [6.45, 7) is 0. The molecule has 66 heavy (non-hydrogen) atoms. The second-order valence-electron chi connectivity index (χ2n) is 15.9. The summed E-state index contributed by atoms with van der Waals surface area (Å²) in [5.74, 6) is -12.0. The second-order valence-corrected chi connectivity index (χ2v) is 16.7. The average Bonchev–Trinajstić information content (AvgIpc) is 3.63. The van der Waals surface area contributed by atoms with Crippen LogP contribution in [0, 0.1) is 29.6 Å². The molecule has 6 atom stereocenters. The number of aromatic nitrogens is 1. The van der Waals surface area contributed by atoms with E-state index in [0.29, 0.717) is 22.8 Å². The summed E-state index contributed by atoms with van der Waals surface area (Å²) in [6.07, 6.45) is -11.3. The van der Waals surface area contributed by atoms with E-state index in [9.17, 15) is 59.0 Å². The Labute approximate surface area is 377 Å². The summed E-state index contributed by atoms with van der Waals surface area (Å²) >= 11 is 12.5. The van der Waals surface area contributed by atoms with Crippen molar-refractivity contribution >= 4 is 64.4 Å². The van der Waals surface area contributed by atoms with Gasteiger partial charge in [-0.2, -0.15) is 44.5 Å². The van der Waals surface area contributed by atoms with E-state index in [1.165, 1.54) is 68.8 Å². The molecule has 3 fully saturated rings. The summed E-state index contributed by atoms with van der Waals surface area (Å²) in [5, 5.41) is 10.7. The lowest BCUT2D eigenvalue weighted by atomic mass is 9.50. The van der Waals surface area contributed by atoms with E-state index < -0.39 is 117 Å². The largest absolute Gasteiger partial charge is 0.502 e. The number of carbonyl (C=O) groups is 4. The Hall–Kier alpha value is -6.28. The first-order valence-corrected chi connectivity index (χ1v) is 20.3. The van der Waals surface area contributed by atoms with Crippen molar-refractivity contribution in [3.63, 3.8) is 0 Å². The van der Waals surface area contributed by atoms with Gasteiger partial charge in [-0.05, 0) is 78.4 Å². The first-order chi connectivity index (χ1) is 30.9. The zero-order valence-electron chi connectivity index (χ0n) is 33.8. The highest BCUT2D eigenvalue weighted by Gasteiger charge is 2.70. The number of rotatable bonds is 8. The zero-order chi connectivity index (χ0) is 48.0. The van der Waals surface area contributed by atoms with Crippen LogP contribution in [0.1, 0.15) is 40.7 Å². The van der Waals surface area contributed by atoms with Gasteiger partial charge in [0.15, 0.2) is 17.3 Å². The van der Waals surface area contributed by atoms with Crippen molar-refractivity contribution < 1.29 is 73.3 Å². The van der Waals surface area contributed by atoms with Crippen molar-refractivity contribution in [2.75, 3.05) is 24.5 Å². The smallest absolute Gasteiger partial charge is 0.417 e. The average molecular weight is 970 g/mol. The molecule has 346 valence electrons. The van der Waals surface area contributed by atoms with Gasteiger partial charge in [-0.1, -0.05) is 59.1 Å². The molecule has 1 aromatic heterocycles. The Morgan fingerprint density at radius 3 is 1.92 bits per heavy atom. The minimum absolute atomic E-state index is 0.0395. The van der Waals surface area contributed by atoms with Crippen molar-refractivity contribution in [1.29, 1.82) is 0 Å². The summed E-state index contributed by atoms with van der Waals surface area (Å²) in [7, 11) is 2.54. The van der Waals surface area contributed by atoms with E-state index in [1.807, 2.05) is 0 Å². The topological polar surface area (TPSA) is 138 Å². The molecule has 6 unspecified atom stereocenters. The van der Waals surface area contributed by atoms with Crippen molar-refractivity contribution in [3.05, 3.63) is 122 Å². The minimum atomic E-state index is -5.32. The molecule has 11 nitrogen and oxygen atoms in total. The van der Waals surface area contributed by atoms with Crippen LogP contribution in [-0.4, -0.2) is 52.9 Å². The third-order valence-electron chi connectivity index (χ3n) is 12.4. The number of alkyl halides is 9. The molecule has 22 heteroatoms. The van der Waals surface area contributed by atoms with Crippen LogP contribution in [0.15, 0.2) is 84.6 Å². The quantitative estimate of drug-likeness (QED) is 0.100. The lowest BCUT2D eigenvalue weighted by molar-refractivity contribution is -0.143. The van der Waals surface area contributed by atoms with Crippen LogP contribution >= 0.6 is 23.2 Å². The third-order valence-corrected chi connectivity index (χ3v) is 13.0. The number of benzene rings is 3. The number of nitrogens with one attached hydrogen (secondary N) is 1. The van der Waals surface area contributed by atoms with E-state index in [-0.39, 0.29) is 62.9 Å². The van der Waals surface area contributed by atoms with Crippen LogP contribution in [0.25, 0.3) is 6.08 Å². The van der Waals surface area contributed by atoms with Gasteiger partial charge in [0.2, 0.25) is 17.6 Å². The number of fused-ring (bicyclic) bond motifs is 4. The highest BCUT2D eigenvalue weighted by atomic mass is 35.5. The van der Waals surface area contributed by atoms with Crippen molar-refractivity contribution in [2.24, 2.45) is 29.6 Å². The maximum absolute atomic E-state index is 15.4. The monoisotopic (exact) mass is 968 g/mol. The fraction of sp³-hybridized carbons (Fsp3) is 0.295. The van der Waals surface area contributed by atoms with Crippen LogP contribution < -0.4 is 19.8 Å². The Balaban J connectivity index is 1.30. The number of pyridine rings is 1. The molecule has 2 saturated heterocycles. The number of anilines is 2. The number of phenols is 1. The molecule has 0 bridgehead atoms. The second kappa shape index (κ2) is 16.3. The first kappa shape index (κ1) is 46.3. The molecular formula is C44H31Cl2F9N4O7. The van der Waals surface area contributed by atoms with Gasteiger partial charge in [0, 0.05) is 17.1 Å². The van der Waals surface area contributed by atoms with Gasteiger partial charge >= 0.3 is 18.5 Å². The van der Waals surface area contributed by atoms with Crippen molar-refractivity contribution in [1.82, 2.24) is 9.99 Å².